The van der Waals surface area contributed by atoms with Gasteiger partial charge < -0.3 is 57.6 Å². The number of aliphatic hydroxyl groups is 2. The predicted octanol–water partition coefficient (Wildman–Crippen LogP) is 2.81. The van der Waals surface area contributed by atoms with Crippen LogP contribution < -0.4 is 0 Å². The summed E-state index contributed by atoms with van der Waals surface area (Å²) in [6.07, 6.45) is 1.15. The summed E-state index contributed by atoms with van der Waals surface area (Å²) in [6.45, 7) is 10.6. The van der Waals surface area contributed by atoms with E-state index in [-0.39, 0.29) is 79.8 Å². The summed E-state index contributed by atoms with van der Waals surface area (Å²) in [5.74, 6) is -1.01. The Hall–Kier alpha value is -1.49. The van der Waals surface area contributed by atoms with Crippen LogP contribution >= 0.6 is 0 Å². The number of hydrogen-bond donors (Lipinski definition) is 2. The topological polar surface area (TPSA) is 150 Å². The third-order valence-electron chi connectivity index (χ3n) is 13.5. The fourth-order valence-electron chi connectivity index (χ4n) is 10.8. The lowest BCUT2D eigenvalue weighted by Gasteiger charge is -2.47. The quantitative estimate of drug-likeness (QED) is 0.323. The Morgan fingerprint density at radius 3 is 2.37 bits per heavy atom. The zero-order valence-corrected chi connectivity index (χ0v) is 30.4. The Kier molecular flexibility index (Phi) is 9.89. The van der Waals surface area contributed by atoms with E-state index in [0.29, 0.717) is 32.1 Å². The minimum absolute atomic E-state index is 0.0122. The molecule has 52 heavy (non-hydrogen) atoms. The maximum absolute atomic E-state index is 13.8. The molecule has 0 radical (unpaired) electrons. The van der Waals surface area contributed by atoms with Gasteiger partial charge in [0.2, 0.25) is 0 Å². The smallest absolute Gasteiger partial charge is 0.308 e. The van der Waals surface area contributed by atoms with E-state index in [2.05, 4.69) is 20.1 Å². The lowest BCUT2D eigenvalue weighted by molar-refractivity contribution is -0.293. The van der Waals surface area contributed by atoms with Crippen LogP contribution in [0.2, 0.25) is 0 Å². The number of ether oxygens (including phenoxy) is 10. The van der Waals surface area contributed by atoms with Gasteiger partial charge in [-0.2, -0.15) is 0 Å². The first-order chi connectivity index (χ1) is 25.1. The monoisotopic (exact) mass is 732 g/mol. The molecule has 10 fully saturated rings. The summed E-state index contributed by atoms with van der Waals surface area (Å²) in [4.78, 5) is 13.8. The van der Waals surface area contributed by atoms with Crippen LogP contribution in [-0.4, -0.2) is 139 Å². The molecule has 10 heterocycles. The highest BCUT2D eigenvalue weighted by Gasteiger charge is 2.68. The van der Waals surface area contributed by atoms with Crippen LogP contribution in [0.15, 0.2) is 24.3 Å². The number of aliphatic hydroxyl groups excluding tert-OH is 2. The highest BCUT2D eigenvalue weighted by molar-refractivity contribution is 5.70. The first-order valence-corrected chi connectivity index (χ1v) is 19.8. The fourth-order valence-corrected chi connectivity index (χ4v) is 10.8. The van der Waals surface area contributed by atoms with Crippen molar-refractivity contribution in [3.8, 4) is 0 Å². The van der Waals surface area contributed by atoms with Gasteiger partial charge in [0.1, 0.15) is 42.7 Å². The van der Waals surface area contributed by atoms with Crippen LogP contribution in [0, 0.1) is 5.92 Å². The summed E-state index contributed by atoms with van der Waals surface area (Å²) in [7, 11) is 1.55. The molecule has 12 bridgehead atoms. The van der Waals surface area contributed by atoms with Crippen molar-refractivity contribution in [3.63, 3.8) is 0 Å². The third kappa shape index (κ3) is 6.53. The Labute approximate surface area is 305 Å². The zero-order chi connectivity index (χ0) is 35.9. The number of methoxy groups -OCH3 is 1. The van der Waals surface area contributed by atoms with Crippen LogP contribution in [-0.2, 0) is 52.2 Å². The van der Waals surface area contributed by atoms with Crippen molar-refractivity contribution >= 4 is 5.97 Å². The van der Waals surface area contributed by atoms with E-state index in [0.717, 1.165) is 43.3 Å². The van der Waals surface area contributed by atoms with E-state index < -0.39 is 61.1 Å². The number of fused-ring (bicyclic) bond motifs is 6. The Morgan fingerprint density at radius 1 is 0.788 bits per heavy atom. The van der Waals surface area contributed by atoms with Crippen molar-refractivity contribution in [3.05, 3.63) is 24.3 Å². The van der Waals surface area contributed by atoms with Gasteiger partial charge in [-0.05, 0) is 62.0 Å². The maximum Gasteiger partial charge on any atom is 0.308 e. The number of rotatable bonds is 4. The summed E-state index contributed by atoms with van der Waals surface area (Å²) in [6, 6.07) is 0. The second kappa shape index (κ2) is 14.2. The lowest BCUT2D eigenvalue weighted by Crippen LogP contribution is -2.61. The molecular formula is C39H56O13. The van der Waals surface area contributed by atoms with Crippen LogP contribution in [0.3, 0.4) is 0 Å². The van der Waals surface area contributed by atoms with Gasteiger partial charge in [0.05, 0.1) is 68.0 Å². The predicted molar refractivity (Wildman–Crippen MR) is 181 cm³/mol. The molecular weight excluding hydrogens is 676 g/mol. The average molecular weight is 733 g/mol. The standard InChI is InChI=1S/C39H56O13/c1-18-11-22-5-7-25-19(2)12-24(44-25)9-10-39-16-30-35(51-39)36-37(49-30)38(52-39)33-26(48-36)8-6-23(46-33)14-31(42)50-34-29(15-27(45-22)20(18)3)47-28(32(34)43-4)13-21(41)17-40/h18,21-30,32-38,40-41H,2-3,5-17H2,1,4H3/t18-,21+,22+,23-,24+,25+,26+,27?,28+,29+,30+,32+,33+,34+,35+,36?,37-,38?,39+/m1/s1. The molecule has 1 spiro atoms. The van der Waals surface area contributed by atoms with E-state index >= 15 is 0 Å². The molecule has 13 heteroatoms. The normalized spacial score (nSPS) is 52.2. The molecule has 0 aromatic carbocycles. The van der Waals surface area contributed by atoms with Crippen LogP contribution in [0.4, 0.5) is 0 Å². The zero-order valence-electron chi connectivity index (χ0n) is 30.4. The second-order valence-corrected chi connectivity index (χ2v) is 16.9. The van der Waals surface area contributed by atoms with Crippen LogP contribution in [0.5, 0.6) is 0 Å². The highest BCUT2D eigenvalue weighted by atomic mass is 16.8. The van der Waals surface area contributed by atoms with E-state index in [1.54, 1.807) is 7.11 Å². The lowest BCUT2D eigenvalue weighted by atomic mass is 9.84. The molecule has 0 amide bonds. The maximum atomic E-state index is 13.8. The van der Waals surface area contributed by atoms with Gasteiger partial charge in [-0.15, -0.1) is 0 Å². The Morgan fingerprint density at radius 2 is 1.54 bits per heavy atom. The molecule has 0 aromatic rings. The van der Waals surface area contributed by atoms with Gasteiger partial charge in [-0.1, -0.05) is 20.1 Å². The van der Waals surface area contributed by atoms with Gasteiger partial charge in [-0.25, -0.2) is 0 Å². The Bertz CT molecular complexity index is 1380. The summed E-state index contributed by atoms with van der Waals surface area (Å²) >= 11 is 0. The minimum atomic E-state index is -1.01. The van der Waals surface area contributed by atoms with Gasteiger partial charge in [0.25, 0.3) is 0 Å². The average Bonchev–Trinajstić information content (AvgIpc) is 3.79. The number of esters is 1. The molecule has 2 N–H and O–H groups in total. The summed E-state index contributed by atoms with van der Waals surface area (Å²) in [5.41, 5.74) is 2.10. The van der Waals surface area contributed by atoms with Crippen molar-refractivity contribution in [1.82, 2.24) is 0 Å². The highest BCUT2D eigenvalue weighted by Crippen LogP contribution is 2.54. The summed E-state index contributed by atoms with van der Waals surface area (Å²) < 4.78 is 65.6. The molecule has 0 aromatic heterocycles. The van der Waals surface area contributed by atoms with Crippen LogP contribution in [0.25, 0.3) is 0 Å². The molecule has 19 atom stereocenters. The minimum Gasteiger partial charge on any atom is -0.457 e. The molecule has 3 unspecified atom stereocenters. The summed E-state index contributed by atoms with van der Waals surface area (Å²) in [5, 5.41) is 20.0. The van der Waals surface area contributed by atoms with Gasteiger partial charge in [0, 0.05) is 32.8 Å². The third-order valence-corrected chi connectivity index (χ3v) is 13.5. The Balaban J connectivity index is 0.994. The molecule has 10 aliphatic rings. The molecule has 290 valence electrons. The van der Waals surface area contributed by atoms with E-state index in [1.165, 1.54) is 0 Å². The van der Waals surface area contributed by atoms with Crippen molar-refractivity contribution < 1.29 is 62.4 Å². The van der Waals surface area contributed by atoms with E-state index in [9.17, 15) is 15.0 Å². The molecule has 10 rings (SSSR count). The van der Waals surface area contributed by atoms with Gasteiger partial charge in [-0.3, -0.25) is 4.79 Å². The first-order valence-electron chi connectivity index (χ1n) is 19.8. The van der Waals surface area contributed by atoms with Crippen molar-refractivity contribution in [2.75, 3.05) is 13.7 Å². The number of carbonyl (C=O) groups excluding carboxylic acids is 1. The first kappa shape index (κ1) is 36.2. The van der Waals surface area contributed by atoms with Crippen molar-refractivity contribution in [2.24, 2.45) is 5.92 Å². The van der Waals surface area contributed by atoms with E-state index in [4.69, 9.17) is 47.4 Å². The van der Waals surface area contributed by atoms with Gasteiger partial charge >= 0.3 is 5.97 Å². The van der Waals surface area contributed by atoms with Crippen molar-refractivity contribution in [2.45, 2.75) is 194 Å². The number of hydrogen-bond acceptors (Lipinski definition) is 13. The molecule has 0 saturated carbocycles. The molecule has 0 aliphatic carbocycles. The largest absolute Gasteiger partial charge is 0.457 e. The fraction of sp³-hybridized carbons (Fsp3) is 0.872. The SMILES string of the molecule is C=C1C2C[C@@H]3O[C@@H](C[C@H](O)CO)[C@H](OC)[C@H]3OC(=O)C[C@H]3CC[C@@H]4OC5[C@H]6O[C@H]7C[C@](CC[C@H]8CC(=C)[C@H](CC[C@@H](C[C@H]1C)O2)O8)(OC6[C@H]4O3)O[C@H]57. The van der Waals surface area contributed by atoms with Crippen LogP contribution in [0.1, 0.15) is 84.0 Å². The van der Waals surface area contributed by atoms with Crippen molar-refractivity contribution in [1.29, 1.82) is 0 Å². The molecule has 13 nitrogen and oxygen atoms in total. The van der Waals surface area contributed by atoms with Gasteiger partial charge in [0.15, 0.2) is 11.9 Å². The second-order valence-electron chi connectivity index (χ2n) is 16.9. The molecule has 10 aliphatic heterocycles. The van der Waals surface area contributed by atoms with E-state index in [1.807, 2.05) is 0 Å². The number of carbonyl (C=O) groups is 1. The molecule has 10 saturated heterocycles.